The van der Waals surface area contributed by atoms with Crippen molar-refractivity contribution in [3.63, 3.8) is 0 Å². The molecule has 0 amide bonds. The third-order valence-electron chi connectivity index (χ3n) is 6.47. The van der Waals surface area contributed by atoms with Crippen molar-refractivity contribution in [3.05, 3.63) is 41.1 Å². The van der Waals surface area contributed by atoms with Crippen LogP contribution in [0.3, 0.4) is 0 Å². The minimum absolute atomic E-state index is 0.137. The molecule has 4 nitrogen and oxygen atoms in total. The normalized spacial score (nSPS) is 35.2. The van der Waals surface area contributed by atoms with E-state index in [1.165, 1.54) is 28.5 Å². The molecule has 5 atom stereocenters. The summed E-state index contributed by atoms with van der Waals surface area (Å²) in [4.78, 5) is 18.1. The molecule has 4 bridgehead atoms. The van der Waals surface area contributed by atoms with Crippen LogP contribution in [-0.2, 0) is 11.2 Å². The van der Waals surface area contributed by atoms with Gasteiger partial charge in [-0.15, -0.1) is 0 Å². The van der Waals surface area contributed by atoms with Crippen molar-refractivity contribution in [2.75, 3.05) is 13.7 Å². The van der Waals surface area contributed by atoms with Crippen molar-refractivity contribution >= 4 is 17.2 Å². The average Bonchev–Trinajstić information content (AvgIpc) is 2.99. The highest BCUT2D eigenvalue weighted by atomic mass is 16.5. The van der Waals surface area contributed by atoms with Crippen LogP contribution in [0, 0.1) is 11.8 Å². The molecule has 124 valence electrons. The van der Waals surface area contributed by atoms with E-state index < -0.39 is 0 Å². The van der Waals surface area contributed by atoms with Gasteiger partial charge in [0, 0.05) is 41.2 Å². The summed E-state index contributed by atoms with van der Waals surface area (Å²) in [5.41, 5.74) is 5.37. The highest BCUT2D eigenvalue weighted by Gasteiger charge is 2.52. The number of nitrogens with zero attached hydrogens (tertiary/aromatic N) is 1. The van der Waals surface area contributed by atoms with Gasteiger partial charge >= 0.3 is 0 Å². The molecule has 4 heteroatoms. The van der Waals surface area contributed by atoms with Crippen LogP contribution in [0.1, 0.15) is 30.6 Å². The van der Waals surface area contributed by atoms with Gasteiger partial charge in [-0.2, -0.15) is 0 Å². The number of piperidine rings is 3. The van der Waals surface area contributed by atoms with Gasteiger partial charge in [0.25, 0.3) is 0 Å². The Hall–Kier alpha value is -2.07. The van der Waals surface area contributed by atoms with Crippen molar-refractivity contribution in [1.82, 2.24) is 9.88 Å². The van der Waals surface area contributed by atoms with Gasteiger partial charge in [0.05, 0.1) is 13.2 Å². The maximum absolute atomic E-state index is 11.8. The Morgan fingerprint density at radius 3 is 3.00 bits per heavy atom. The third kappa shape index (κ3) is 1.69. The van der Waals surface area contributed by atoms with Gasteiger partial charge in [-0.25, -0.2) is 0 Å². The lowest BCUT2D eigenvalue weighted by Gasteiger charge is -2.57. The molecule has 3 saturated heterocycles. The number of H-pyrrole nitrogens is 1. The SMILES string of the molecule is C/C=C1/CN2C3Cc4c([nH]c5cc(OC)ccc45)[C@@H]2C[C@@H]1C3C=O. The van der Waals surface area contributed by atoms with E-state index in [-0.39, 0.29) is 5.92 Å². The quantitative estimate of drug-likeness (QED) is 0.682. The molecule has 6 rings (SSSR count). The number of aldehydes is 1. The van der Waals surface area contributed by atoms with Crippen molar-refractivity contribution < 1.29 is 9.53 Å². The summed E-state index contributed by atoms with van der Waals surface area (Å²) in [5.74, 6) is 1.44. The van der Waals surface area contributed by atoms with E-state index in [1.54, 1.807) is 7.11 Å². The topological polar surface area (TPSA) is 45.3 Å². The van der Waals surface area contributed by atoms with E-state index in [4.69, 9.17) is 4.74 Å². The highest BCUT2D eigenvalue weighted by Crippen LogP contribution is 2.53. The van der Waals surface area contributed by atoms with E-state index in [1.807, 2.05) is 6.07 Å². The zero-order chi connectivity index (χ0) is 16.4. The van der Waals surface area contributed by atoms with E-state index in [0.717, 1.165) is 30.7 Å². The molecule has 4 aliphatic heterocycles. The number of benzene rings is 1. The van der Waals surface area contributed by atoms with Gasteiger partial charge < -0.3 is 14.5 Å². The minimum atomic E-state index is 0.137. The molecule has 0 spiro atoms. The number of carbonyl (C=O) groups excluding carboxylic acids is 1. The lowest BCUT2D eigenvalue weighted by molar-refractivity contribution is -0.121. The van der Waals surface area contributed by atoms with Gasteiger partial charge in [0.15, 0.2) is 0 Å². The van der Waals surface area contributed by atoms with Crippen molar-refractivity contribution in [2.45, 2.75) is 31.8 Å². The smallest absolute Gasteiger partial charge is 0.125 e. The number of aromatic amines is 1. The number of ether oxygens (including phenoxy) is 1. The molecule has 3 unspecified atom stereocenters. The van der Waals surface area contributed by atoms with E-state index in [2.05, 4.69) is 35.0 Å². The number of rotatable bonds is 2. The standard InChI is InChI=1S/C20H22N2O2/c1-3-11-9-22-18-8-15-13-5-4-12(24-2)6-17(13)21-20(15)19(22)7-14(11)16(18)10-23/h3-6,10,14,16,18-19,21H,7-9H2,1-2H3/b11-3-/t14-,16?,18?,19-/m0/s1. The summed E-state index contributed by atoms with van der Waals surface area (Å²) >= 11 is 0. The summed E-state index contributed by atoms with van der Waals surface area (Å²) < 4.78 is 5.37. The van der Waals surface area contributed by atoms with Crippen LogP contribution in [0.25, 0.3) is 10.9 Å². The van der Waals surface area contributed by atoms with Crippen LogP contribution >= 0.6 is 0 Å². The lowest BCUT2D eigenvalue weighted by atomic mass is 9.64. The molecule has 1 N–H and O–H groups in total. The number of fused-ring (bicyclic) bond motifs is 4. The molecule has 2 aromatic rings. The molecule has 0 saturated carbocycles. The van der Waals surface area contributed by atoms with E-state index >= 15 is 0 Å². The number of allylic oxidation sites excluding steroid dienone is 1. The maximum Gasteiger partial charge on any atom is 0.125 e. The molecule has 1 aromatic carbocycles. The average molecular weight is 322 g/mol. The minimum Gasteiger partial charge on any atom is -0.497 e. The molecule has 0 aliphatic carbocycles. The highest BCUT2D eigenvalue weighted by molar-refractivity contribution is 5.86. The first-order valence-electron chi connectivity index (χ1n) is 8.79. The Morgan fingerprint density at radius 1 is 1.38 bits per heavy atom. The fourth-order valence-electron chi connectivity index (χ4n) is 5.33. The number of hydrogen-bond donors (Lipinski definition) is 1. The molecular formula is C20H22N2O2. The molecule has 24 heavy (non-hydrogen) atoms. The van der Waals surface area contributed by atoms with Crippen LogP contribution in [0.5, 0.6) is 5.75 Å². The summed E-state index contributed by atoms with van der Waals surface area (Å²) in [6, 6.07) is 7.04. The van der Waals surface area contributed by atoms with E-state index in [0.29, 0.717) is 18.0 Å². The Labute approximate surface area is 141 Å². The monoisotopic (exact) mass is 322 g/mol. The first-order chi connectivity index (χ1) is 11.7. The summed E-state index contributed by atoms with van der Waals surface area (Å²) in [5, 5.41) is 1.29. The van der Waals surface area contributed by atoms with Gasteiger partial charge in [-0.05, 0) is 43.4 Å². The molecule has 5 heterocycles. The number of nitrogens with one attached hydrogen (secondary N) is 1. The summed E-state index contributed by atoms with van der Waals surface area (Å²) in [6.45, 7) is 3.12. The van der Waals surface area contributed by atoms with Crippen LogP contribution in [0.4, 0.5) is 0 Å². The van der Waals surface area contributed by atoms with Crippen LogP contribution < -0.4 is 4.74 Å². The Kier molecular flexibility index (Phi) is 2.95. The zero-order valence-electron chi connectivity index (χ0n) is 14.1. The second kappa shape index (κ2) is 4.96. The number of aromatic nitrogens is 1. The second-order valence-electron chi connectivity index (χ2n) is 7.31. The number of hydrogen-bond acceptors (Lipinski definition) is 3. The maximum atomic E-state index is 11.8. The van der Waals surface area contributed by atoms with E-state index in [9.17, 15) is 4.79 Å². The van der Waals surface area contributed by atoms with Gasteiger partial charge in [-0.1, -0.05) is 11.6 Å². The molecule has 1 aromatic heterocycles. The Morgan fingerprint density at radius 2 is 2.25 bits per heavy atom. The van der Waals surface area contributed by atoms with Crippen molar-refractivity contribution in [3.8, 4) is 5.75 Å². The Bertz CT molecular complexity index is 866. The molecule has 4 aliphatic rings. The Balaban J connectivity index is 1.67. The molecule has 3 fully saturated rings. The fraction of sp³-hybridized carbons (Fsp3) is 0.450. The van der Waals surface area contributed by atoms with Gasteiger partial charge in [-0.3, -0.25) is 4.90 Å². The summed E-state index contributed by atoms with van der Waals surface area (Å²) in [6.07, 6.45) is 5.45. The number of methoxy groups -OCH3 is 1. The lowest BCUT2D eigenvalue weighted by Crippen LogP contribution is -2.60. The second-order valence-corrected chi connectivity index (χ2v) is 7.31. The predicted molar refractivity (Wildman–Crippen MR) is 93.2 cm³/mol. The van der Waals surface area contributed by atoms with Crippen LogP contribution in [-0.4, -0.2) is 35.9 Å². The van der Waals surface area contributed by atoms with Crippen molar-refractivity contribution in [1.29, 1.82) is 0 Å². The summed E-state index contributed by atoms with van der Waals surface area (Å²) in [7, 11) is 1.70. The van der Waals surface area contributed by atoms with Crippen LogP contribution in [0.2, 0.25) is 0 Å². The molecular weight excluding hydrogens is 300 g/mol. The number of carbonyl (C=O) groups is 1. The van der Waals surface area contributed by atoms with Gasteiger partial charge in [0.2, 0.25) is 0 Å². The third-order valence-corrected chi connectivity index (χ3v) is 6.47. The predicted octanol–water partition coefficient (Wildman–Crippen LogP) is 3.24. The zero-order valence-corrected chi connectivity index (χ0v) is 14.1. The van der Waals surface area contributed by atoms with Gasteiger partial charge in [0.1, 0.15) is 12.0 Å². The molecule has 0 radical (unpaired) electrons. The first kappa shape index (κ1) is 14.3. The van der Waals surface area contributed by atoms with Crippen LogP contribution in [0.15, 0.2) is 29.8 Å². The van der Waals surface area contributed by atoms with Crippen molar-refractivity contribution in [2.24, 2.45) is 11.8 Å². The largest absolute Gasteiger partial charge is 0.497 e. The first-order valence-corrected chi connectivity index (χ1v) is 8.79. The fourth-order valence-corrected chi connectivity index (χ4v) is 5.33.